The molecule has 0 aromatic carbocycles. The molecule has 0 saturated carbocycles. The number of rotatable bonds is 7. The van der Waals surface area contributed by atoms with Gasteiger partial charge in [0.2, 0.25) is 0 Å². The van der Waals surface area contributed by atoms with Gasteiger partial charge in [-0.3, -0.25) is 4.99 Å². The minimum Gasteiger partial charge on any atom is -0.504 e. The number of nitrogens with one attached hydrogen (secondary N) is 2. The van der Waals surface area contributed by atoms with E-state index in [2.05, 4.69) is 19.4 Å². The molecule has 0 fully saturated rings. The number of sulfonamides is 1. The Bertz CT molecular complexity index is 1210. The summed E-state index contributed by atoms with van der Waals surface area (Å²) in [5.41, 5.74) is -0.0166. The molecule has 11 nitrogen and oxygen atoms in total. The average Bonchev–Trinajstić information content (AvgIpc) is 3.32. The second-order valence-electron chi connectivity index (χ2n) is 5.91. The molecule has 0 bridgehead atoms. The second kappa shape index (κ2) is 8.55. The summed E-state index contributed by atoms with van der Waals surface area (Å²) in [7, 11) is -7.93. The predicted molar refractivity (Wildman–Crippen MR) is 114 cm³/mol. The third-order valence-electron chi connectivity index (χ3n) is 3.94. The van der Waals surface area contributed by atoms with Gasteiger partial charge < -0.3 is 14.8 Å². The summed E-state index contributed by atoms with van der Waals surface area (Å²) in [6.07, 6.45) is 1.31. The van der Waals surface area contributed by atoms with E-state index < -0.39 is 26.0 Å². The van der Waals surface area contributed by atoms with E-state index in [4.69, 9.17) is 16.0 Å². The fourth-order valence-corrected chi connectivity index (χ4v) is 6.38. The number of hydrogen-bond donors (Lipinski definition) is 3. The zero-order valence-corrected chi connectivity index (χ0v) is 19.0. The molecule has 0 saturated heterocycles. The fraction of sp³-hybridized carbons (Fsp3) is 0.333. The summed E-state index contributed by atoms with van der Waals surface area (Å²) in [6, 6.07) is 1.52. The van der Waals surface area contributed by atoms with E-state index >= 15 is 0 Å². The molecule has 2 aromatic heterocycles. The second-order valence-corrected chi connectivity index (χ2v) is 10.7. The normalized spacial score (nSPS) is 17.3. The highest BCUT2D eigenvalue weighted by atomic mass is 35.5. The highest BCUT2D eigenvalue weighted by Crippen LogP contribution is 2.39. The lowest BCUT2D eigenvalue weighted by Crippen LogP contribution is -2.31. The minimum absolute atomic E-state index is 0.0166. The molecule has 3 rings (SSSR count). The molecular weight excluding hydrogens is 478 g/mol. The van der Waals surface area contributed by atoms with Crippen LogP contribution in [0.1, 0.15) is 19.6 Å². The van der Waals surface area contributed by atoms with Crippen LogP contribution in [-0.4, -0.2) is 51.0 Å². The summed E-state index contributed by atoms with van der Waals surface area (Å²) < 4.78 is 60.8. The molecule has 3 N–H and O–H groups in total. The van der Waals surface area contributed by atoms with E-state index in [1.54, 1.807) is 13.8 Å². The summed E-state index contributed by atoms with van der Waals surface area (Å²) in [6.45, 7) is 3.82. The van der Waals surface area contributed by atoms with Crippen LogP contribution in [0.4, 0.5) is 5.69 Å². The lowest BCUT2D eigenvalue weighted by molar-refractivity contribution is 0.434. The van der Waals surface area contributed by atoms with Gasteiger partial charge in [-0.25, -0.2) is 13.1 Å². The van der Waals surface area contributed by atoms with E-state index in [1.807, 2.05) is 0 Å². The third kappa shape index (κ3) is 4.62. The molecule has 0 spiro atoms. The maximum atomic E-state index is 12.7. The highest BCUT2D eigenvalue weighted by Gasteiger charge is 2.31. The number of thiophene rings is 1. The maximum Gasteiger partial charge on any atom is 0.345 e. The Labute approximate surface area is 182 Å². The Balaban J connectivity index is 1.88. The van der Waals surface area contributed by atoms with Crippen LogP contribution in [0.25, 0.3) is 0 Å². The summed E-state index contributed by atoms with van der Waals surface area (Å²) in [5.74, 6) is -0.464. The molecule has 0 unspecified atom stereocenters. The van der Waals surface area contributed by atoms with E-state index in [0.717, 1.165) is 11.3 Å². The summed E-state index contributed by atoms with van der Waals surface area (Å²) in [5, 5.41) is 14.8. The van der Waals surface area contributed by atoms with E-state index in [1.165, 1.54) is 22.0 Å². The van der Waals surface area contributed by atoms with Crippen LogP contribution in [0.3, 0.4) is 0 Å². The van der Waals surface area contributed by atoms with Crippen LogP contribution in [0.15, 0.2) is 35.7 Å². The summed E-state index contributed by atoms with van der Waals surface area (Å²) >= 11 is 6.57. The number of anilines is 1. The van der Waals surface area contributed by atoms with Gasteiger partial charge >= 0.3 is 10.2 Å². The van der Waals surface area contributed by atoms with Crippen LogP contribution in [-0.2, 0) is 26.8 Å². The minimum atomic E-state index is -4.04. The molecular formula is C15H18ClN5O6S3. The number of nitrogens with zero attached hydrogens (tertiary/aromatic N) is 3. The number of aliphatic imine (C=N–C) groups is 1. The number of amidine groups is 2. The van der Waals surface area contributed by atoms with Crippen molar-refractivity contribution < 1.29 is 26.4 Å². The van der Waals surface area contributed by atoms with Crippen LogP contribution >= 0.6 is 22.9 Å². The third-order valence-corrected chi connectivity index (χ3v) is 8.55. The quantitative estimate of drug-likeness (QED) is 0.530. The van der Waals surface area contributed by atoms with Crippen molar-refractivity contribution in [3.05, 3.63) is 28.5 Å². The Morgan fingerprint density at radius 3 is 2.70 bits per heavy atom. The van der Waals surface area contributed by atoms with Gasteiger partial charge in [0.25, 0.3) is 10.0 Å². The molecule has 0 atom stereocenters. The largest absolute Gasteiger partial charge is 0.504 e. The molecule has 15 heteroatoms. The van der Waals surface area contributed by atoms with E-state index in [0.29, 0.717) is 10.8 Å². The highest BCUT2D eigenvalue weighted by molar-refractivity contribution is 7.91. The lowest BCUT2D eigenvalue weighted by Gasteiger charge is -2.17. The lowest BCUT2D eigenvalue weighted by atomic mass is 10.4. The van der Waals surface area contributed by atoms with Crippen molar-refractivity contribution in [1.82, 2.24) is 9.03 Å². The molecule has 0 amide bonds. The van der Waals surface area contributed by atoms with Crippen molar-refractivity contribution in [3.63, 3.8) is 0 Å². The van der Waals surface area contributed by atoms with Gasteiger partial charge in [-0.05, 0) is 0 Å². The Morgan fingerprint density at radius 2 is 2.10 bits per heavy atom. The maximum absolute atomic E-state index is 12.7. The van der Waals surface area contributed by atoms with Crippen molar-refractivity contribution in [1.29, 1.82) is 0 Å². The first-order chi connectivity index (χ1) is 14.1. The van der Waals surface area contributed by atoms with Crippen molar-refractivity contribution in [3.8, 4) is 5.75 Å². The Kier molecular flexibility index (Phi) is 6.43. The van der Waals surface area contributed by atoms with Gasteiger partial charge in [0.1, 0.15) is 12.0 Å². The smallest absolute Gasteiger partial charge is 0.345 e. The van der Waals surface area contributed by atoms with Crippen molar-refractivity contribution in [2.24, 2.45) is 9.39 Å². The number of halogens is 1. The molecule has 1 aliphatic heterocycles. The van der Waals surface area contributed by atoms with Crippen LogP contribution < -0.4 is 10.0 Å². The molecule has 3 heterocycles. The Hall–Kier alpha value is -2.13. The number of aromatic hydroxyl groups is 1. The first-order valence-electron chi connectivity index (χ1n) is 8.55. The topological polar surface area (TPSA) is 154 Å². The van der Waals surface area contributed by atoms with E-state index in [9.17, 15) is 21.9 Å². The van der Waals surface area contributed by atoms with Gasteiger partial charge in [-0.15, -0.1) is 15.7 Å². The molecule has 2 aromatic rings. The molecule has 1 aliphatic rings. The van der Waals surface area contributed by atoms with Gasteiger partial charge in [-0.2, -0.15) is 12.7 Å². The zero-order chi connectivity index (χ0) is 22.1. The van der Waals surface area contributed by atoms with Crippen molar-refractivity contribution in [2.45, 2.75) is 24.6 Å². The zero-order valence-electron chi connectivity index (χ0n) is 15.8. The molecule has 30 heavy (non-hydrogen) atoms. The number of furan rings is 1. The standard InChI is InChI=1S/C15H18ClN5O6S3/c1-3-21(4-2)29(23,24)15-12(22)11(8-28-15)18-14-13(19-30(25,26)20-14)17-6-10-5-9(16)7-27-10/h5,7-8,22H,3-4,6H2,1-2H3,(H,17,19)(H,18,20). The molecule has 164 valence electrons. The fourth-order valence-electron chi connectivity index (χ4n) is 2.55. The SMILES string of the molecule is CCN(CC)S(=O)(=O)c1scc(NC2=NS(=O)(=O)NC2=NCc2cc(Cl)co2)c1O. The van der Waals surface area contributed by atoms with Crippen LogP contribution in [0, 0.1) is 0 Å². The number of hydrogen-bond acceptors (Lipinski definition) is 9. The van der Waals surface area contributed by atoms with Gasteiger partial charge in [0.15, 0.2) is 21.6 Å². The van der Waals surface area contributed by atoms with Gasteiger partial charge in [0.05, 0.1) is 17.3 Å². The predicted octanol–water partition coefficient (Wildman–Crippen LogP) is 1.99. The average molecular weight is 496 g/mol. The molecule has 0 aliphatic carbocycles. The van der Waals surface area contributed by atoms with Gasteiger partial charge in [-0.1, -0.05) is 25.4 Å². The summed E-state index contributed by atoms with van der Waals surface area (Å²) in [4.78, 5) is 4.10. The van der Waals surface area contributed by atoms with Crippen molar-refractivity contribution >= 4 is 60.5 Å². The first kappa shape index (κ1) is 22.6. The monoisotopic (exact) mass is 495 g/mol. The Morgan fingerprint density at radius 1 is 1.40 bits per heavy atom. The molecule has 0 radical (unpaired) electrons. The van der Waals surface area contributed by atoms with Crippen LogP contribution in [0.5, 0.6) is 5.75 Å². The van der Waals surface area contributed by atoms with Crippen molar-refractivity contribution in [2.75, 3.05) is 18.4 Å². The van der Waals surface area contributed by atoms with Crippen LogP contribution in [0.2, 0.25) is 5.02 Å². The first-order valence-corrected chi connectivity index (χ1v) is 12.7. The van der Waals surface area contributed by atoms with E-state index in [-0.39, 0.29) is 41.2 Å². The van der Waals surface area contributed by atoms with Gasteiger partial charge in [0, 0.05) is 24.5 Å².